The van der Waals surface area contributed by atoms with Crippen LogP contribution in [0.3, 0.4) is 0 Å². The summed E-state index contributed by atoms with van der Waals surface area (Å²) in [6, 6.07) is 91.3. The molecule has 0 saturated carbocycles. The molecule has 4 nitrogen and oxygen atoms in total. The second-order valence-corrected chi connectivity index (χ2v) is 18.3. The van der Waals surface area contributed by atoms with Crippen LogP contribution in [-0.4, -0.2) is 9.97 Å². The molecule has 71 heavy (non-hydrogen) atoms. The lowest BCUT2D eigenvalue weighted by Crippen LogP contribution is -2.09. The zero-order chi connectivity index (χ0) is 47.1. The van der Waals surface area contributed by atoms with Crippen molar-refractivity contribution in [1.29, 1.82) is 0 Å². The fourth-order valence-electron chi connectivity index (χ4n) is 10.9. The molecule has 10 aromatic carbocycles. The molecule has 0 atom stereocenters. The van der Waals surface area contributed by atoms with E-state index in [0.717, 1.165) is 109 Å². The summed E-state index contributed by atoms with van der Waals surface area (Å²) in [6.45, 7) is 0. The predicted octanol–water partition coefficient (Wildman–Crippen LogP) is 17.8. The fourth-order valence-corrected chi connectivity index (χ4v) is 10.9. The first-order valence-corrected chi connectivity index (χ1v) is 24.6. The number of hydrogen-bond donors (Lipinski definition) is 0. The fraction of sp³-hybridized carbons (Fsp3) is 0.0448. The zero-order valence-corrected chi connectivity index (χ0v) is 39.2. The van der Waals surface area contributed by atoms with E-state index >= 15 is 0 Å². The summed E-state index contributed by atoms with van der Waals surface area (Å²) in [6.07, 6.45) is 3.21. The van der Waals surface area contributed by atoms with Gasteiger partial charge in [-0.2, -0.15) is 0 Å². The minimum Gasteiger partial charge on any atom is -0.311 e. The maximum atomic E-state index is 5.88. The van der Waals surface area contributed by atoms with Crippen molar-refractivity contribution in [1.82, 2.24) is 9.97 Å². The molecule has 1 aromatic heterocycles. The Morgan fingerprint density at radius 3 is 1.01 bits per heavy atom. The number of rotatable bonds is 8. The smallest absolute Gasteiger partial charge is 0.0979 e. The van der Waals surface area contributed by atoms with Crippen LogP contribution in [0.4, 0.5) is 34.1 Å². The highest BCUT2D eigenvalue weighted by molar-refractivity contribution is 6.11. The molecule has 13 rings (SSSR count). The van der Waals surface area contributed by atoms with E-state index in [-0.39, 0.29) is 0 Å². The highest BCUT2D eigenvalue weighted by atomic mass is 15.1. The van der Waals surface area contributed by atoms with Crippen molar-refractivity contribution in [3.05, 3.63) is 277 Å². The topological polar surface area (TPSA) is 32.3 Å². The molecule has 0 amide bonds. The van der Waals surface area contributed by atoms with E-state index in [2.05, 4.69) is 265 Å². The quantitative estimate of drug-likeness (QED) is 0.152. The highest BCUT2D eigenvalue weighted by Gasteiger charge is 2.30. The number of nitrogens with zero attached hydrogens (tertiary/aromatic N) is 4. The van der Waals surface area contributed by atoms with Gasteiger partial charge >= 0.3 is 0 Å². The van der Waals surface area contributed by atoms with Crippen LogP contribution in [0.5, 0.6) is 0 Å². The van der Waals surface area contributed by atoms with E-state index in [0.29, 0.717) is 0 Å². The van der Waals surface area contributed by atoms with Gasteiger partial charge in [-0.1, -0.05) is 182 Å². The maximum Gasteiger partial charge on any atom is 0.0979 e. The molecule has 2 aliphatic rings. The Bertz CT molecular complexity index is 3460. The summed E-state index contributed by atoms with van der Waals surface area (Å²) in [5, 5.41) is 0. The largest absolute Gasteiger partial charge is 0.311 e. The Labute approximate surface area is 415 Å². The molecule has 11 aromatic rings. The van der Waals surface area contributed by atoms with Crippen molar-refractivity contribution in [2.75, 3.05) is 9.80 Å². The van der Waals surface area contributed by atoms with Crippen LogP contribution < -0.4 is 9.80 Å². The van der Waals surface area contributed by atoms with Gasteiger partial charge < -0.3 is 9.80 Å². The number of anilines is 6. The van der Waals surface area contributed by atoms with Crippen LogP contribution in [0.15, 0.2) is 255 Å². The zero-order valence-electron chi connectivity index (χ0n) is 39.2. The molecule has 0 saturated heterocycles. The molecule has 1 heterocycles. The van der Waals surface area contributed by atoms with Crippen molar-refractivity contribution >= 4 is 56.3 Å². The summed E-state index contributed by atoms with van der Waals surface area (Å²) in [7, 11) is 0. The molecule has 0 bridgehead atoms. The first-order valence-electron chi connectivity index (χ1n) is 24.6. The van der Waals surface area contributed by atoms with Gasteiger partial charge in [-0.15, -0.1) is 0 Å². The maximum absolute atomic E-state index is 5.88. The van der Waals surface area contributed by atoms with Crippen molar-refractivity contribution in [3.8, 4) is 44.8 Å². The Hall–Kier alpha value is -9.12. The van der Waals surface area contributed by atoms with Gasteiger partial charge in [-0.25, -0.2) is 9.97 Å². The van der Waals surface area contributed by atoms with E-state index in [1.165, 1.54) is 33.4 Å². The van der Waals surface area contributed by atoms with Crippen molar-refractivity contribution in [2.24, 2.45) is 0 Å². The van der Waals surface area contributed by atoms with Crippen LogP contribution in [-0.2, 0) is 6.42 Å². The van der Waals surface area contributed by atoms with E-state index in [4.69, 9.17) is 9.97 Å². The Morgan fingerprint density at radius 2 is 0.606 bits per heavy atom. The second-order valence-electron chi connectivity index (χ2n) is 18.3. The molecule has 0 aliphatic heterocycles. The number of allylic oxidation sites excluding steroid dienone is 1. The third-order valence-electron chi connectivity index (χ3n) is 14.2. The Kier molecular flexibility index (Phi) is 10.7. The van der Waals surface area contributed by atoms with Gasteiger partial charge in [0.1, 0.15) is 0 Å². The normalized spacial score (nSPS) is 12.6. The average Bonchev–Trinajstić information content (AvgIpc) is 3.56. The molecule has 0 unspecified atom stereocenters. The highest BCUT2D eigenvalue weighted by Crippen LogP contribution is 2.50. The van der Waals surface area contributed by atoms with Crippen LogP contribution in [0.25, 0.3) is 66.9 Å². The Morgan fingerprint density at radius 1 is 0.268 bits per heavy atom. The lowest BCUT2D eigenvalue weighted by Gasteiger charge is -2.25. The van der Waals surface area contributed by atoms with Crippen molar-refractivity contribution < 1.29 is 0 Å². The number of fused-ring (bicyclic) bond motifs is 7. The van der Waals surface area contributed by atoms with Crippen LogP contribution in [0.2, 0.25) is 0 Å². The summed E-state index contributed by atoms with van der Waals surface area (Å²) in [4.78, 5) is 16.4. The first-order chi connectivity index (χ1) is 35.2. The summed E-state index contributed by atoms with van der Waals surface area (Å²) in [5.41, 5.74) is 24.3. The van der Waals surface area contributed by atoms with Crippen LogP contribution in [0.1, 0.15) is 35.1 Å². The molecule has 0 spiro atoms. The predicted molar refractivity (Wildman–Crippen MR) is 296 cm³/mol. The lowest BCUT2D eigenvalue weighted by molar-refractivity contribution is 0.823. The average molecular weight is 909 g/mol. The van der Waals surface area contributed by atoms with Crippen LogP contribution in [0, 0.1) is 0 Å². The van der Waals surface area contributed by atoms with Gasteiger partial charge in [0.05, 0.1) is 22.4 Å². The van der Waals surface area contributed by atoms with Gasteiger partial charge in [-0.05, 0) is 137 Å². The molecular weight excluding hydrogens is 861 g/mol. The third kappa shape index (κ3) is 7.58. The van der Waals surface area contributed by atoms with Gasteiger partial charge in [0, 0.05) is 56.4 Å². The van der Waals surface area contributed by atoms with Gasteiger partial charge in [-0.3, -0.25) is 0 Å². The van der Waals surface area contributed by atoms with Gasteiger partial charge in [0.25, 0.3) is 0 Å². The monoisotopic (exact) mass is 908 g/mol. The minimum atomic E-state index is 0.864. The van der Waals surface area contributed by atoms with Gasteiger partial charge in [0.15, 0.2) is 0 Å². The number of para-hydroxylation sites is 4. The summed E-state index contributed by atoms with van der Waals surface area (Å²) >= 11 is 0. The van der Waals surface area contributed by atoms with E-state index in [1.54, 1.807) is 0 Å². The second kappa shape index (κ2) is 18.1. The summed E-state index contributed by atoms with van der Waals surface area (Å²) < 4.78 is 0. The molecule has 336 valence electrons. The van der Waals surface area contributed by atoms with Crippen molar-refractivity contribution in [2.45, 2.75) is 19.3 Å². The van der Waals surface area contributed by atoms with Gasteiger partial charge in [0.2, 0.25) is 0 Å². The number of aryl methyl sites for hydroxylation is 1. The molecule has 0 radical (unpaired) electrons. The van der Waals surface area contributed by atoms with E-state index in [9.17, 15) is 0 Å². The van der Waals surface area contributed by atoms with Crippen molar-refractivity contribution in [3.63, 3.8) is 0 Å². The molecule has 0 N–H and O–H groups in total. The number of hydrogen-bond acceptors (Lipinski definition) is 4. The minimum absolute atomic E-state index is 0.864. The molecule has 4 heteroatoms. The van der Waals surface area contributed by atoms with Crippen LogP contribution >= 0.6 is 0 Å². The molecular formula is C67H48N4. The number of benzene rings is 10. The third-order valence-corrected chi connectivity index (χ3v) is 14.2. The standard InChI is InChI=1S/C67H48N4/c1-5-22-49(23-6-1)70(50-24-7-2-8-25-50)53-40-36-47(37-41-53)56-44-45-57(48-38-42-54(43-39-48)71(51-26-9-3-10-27-51)52-28-11-4-12-29-52)65-64(56)68-66-61-33-17-15-31-59(61)63(60-32-16-18-34-62(60)67(66)69-65)58-35-19-21-46-20-13-14-30-55(46)58/h1-18,20,22-34,36-45H,19,21,35H2. The van der Waals surface area contributed by atoms with E-state index < -0.39 is 0 Å². The SMILES string of the molecule is c1ccc(N(c2ccccc2)c2ccc(-c3ccc(-c4ccc(N(c5ccccc5)c5ccccc5)cc4)c4nc5c(nc34)-c3ccccc3C(=C3CCCc4ccccc43)c3ccccc3-5)cc2)cc1. The lowest BCUT2D eigenvalue weighted by atomic mass is 9.80. The summed E-state index contributed by atoms with van der Waals surface area (Å²) in [5.74, 6) is 0. The number of aromatic nitrogens is 2. The molecule has 0 fully saturated rings. The molecule has 2 aliphatic carbocycles. The Balaban J connectivity index is 1.02. The first kappa shape index (κ1) is 42.0. The van der Waals surface area contributed by atoms with E-state index in [1.807, 2.05) is 0 Å².